The van der Waals surface area contributed by atoms with E-state index in [1.807, 2.05) is 0 Å². The van der Waals surface area contributed by atoms with E-state index < -0.39 is 6.36 Å². The van der Waals surface area contributed by atoms with Crippen LogP contribution in [-0.2, 0) is 6.54 Å². The minimum absolute atomic E-state index is 0.109. The van der Waals surface area contributed by atoms with Crippen LogP contribution in [0.15, 0.2) is 29.3 Å². The summed E-state index contributed by atoms with van der Waals surface area (Å²) in [6, 6.07) is 5.45. The Labute approximate surface area is 89.7 Å². The van der Waals surface area contributed by atoms with Crippen molar-refractivity contribution < 1.29 is 17.9 Å². The largest absolute Gasteiger partial charge is 0.573 e. The predicted octanol–water partition coefficient (Wildman–Crippen LogP) is 1.36. The van der Waals surface area contributed by atoms with Gasteiger partial charge in [-0.05, 0) is 17.7 Å². The summed E-state index contributed by atoms with van der Waals surface area (Å²) in [6.45, 7) is 0.109. The Bertz CT molecular complexity index is 386. The summed E-state index contributed by atoms with van der Waals surface area (Å²) in [6.07, 6.45) is -4.70. The minimum Gasteiger partial charge on any atom is -0.406 e. The van der Waals surface area contributed by atoms with E-state index in [0.29, 0.717) is 5.56 Å². The van der Waals surface area contributed by atoms with Crippen molar-refractivity contribution in [1.82, 2.24) is 0 Å². The van der Waals surface area contributed by atoms with Crippen LogP contribution in [0, 0.1) is 0 Å². The standard InChI is InChI=1S/C9H10F3N3O/c10-9(11,12)16-7-3-1-2-6(4-7)5-15-8(13)14/h1-4H,5H2,(H4,13,14,15). The van der Waals surface area contributed by atoms with Gasteiger partial charge in [0, 0.05) is 0 Å². The molecule has 0 aromatic heterocycles. The average molecular weight is 233 g/mol. The van der Waals surface area contributed by atoms with Gasteiger partial charge in [-0.15, -0.1) is 13.2 Å². The molecule has 0 saturated heterocycles. The number of halogens is 3. The van der Waals surface area contributed by atoms with Gasteiger partial charge in [0.15, 0.2) is 5.96 Å². The first-order valence-corrected chi connectivity index (χ1v) is 4.27. The maximum atomic E-state index is 11.9. The molecule has 0 bridgehead atoms. The van der Waals surface area contributed by atoms with Crippen LogP contribution in [0.5, 0.6) is 5.75 Å². The van der Waals surface area contributed by atoms with E-state index in [1.165, 1.54) is 18.2 Å². The molecule has 7 heteroatoms. The lowest BCUT2D eigenvalue weighted by molar-refractivity contribution is -0.274. The molecule has 88 valence electrons. The summed E-state index contributed by atoms with van der Waals surface area (Å²) in [5, 5.41) is 0. The molecule has 16 heavy (non-hydrogen) atoms. The van der Waals surface area contributed by atoms with Gasteiger partial charge in [-0.3, -0.25) is 0 Å². The summed E-state index contributed by atoms with van der Waals surface area (Å²) >= 11 is 0. The maximum Gasteiger partial charge on any atom is 0.573 e. The molecular formula is C9H10F3N3O. The van der Waals surface area contributed by atoms with E-state index in [0.717, 1.165) is 0 Å². The van der Waals surface area contributed by atoms with Gasteiger partial charge < -0.3 is 16.2 Å². The Morgan fingerprint density at radius 2 is 2.00 bits per heavy atom. The Morgan fingerprint density at radius 3 is 2.56 bits per heavy atom. The van der Waals surface area contributed by atoms with Crippen LogP contribution < -0.4 is 16.2 Å². The number of nitrogens with two attached hydrogens (primary N) is 2. The van der Waals surface area contributed by atoms with Gasteiger partial charge in [-0.25, -0.2) is 4.99 Å². The molecule has 1 aromatic carbocycles. The fourth-order valence-electron chi connectivity index (χ4n) is 1.02. The van der Waals surface area contributed by atoms with Crippen LogP contribution in [-0.4, -0.2) is 12.3 Å². The summed E-state index contributed by atoms with van der Waals surface area (Å²) < 4.78 is 39.4. The van der Waals surface area contributed by atoms with Gasteiger partial charge in [-0.2, -0.15) is 0 Å². The van der Waals surface area contributed by atoms with Crippen molar-refractivity contribution >= 4 is 5.96 Å². The van der Waals surface area contributed by atoms with Crippen LogP contribution in [0.1, 0.15) is 5.56 Å². The highest BCUT2D eigenvalue weighted by Gasteiger charge is 2.31. The molecule has 0 aliphatic rings. The number of alkyl halides is 3. The zero-order chi connectivity index (χ0) is 12.2. The van der Waals surface area contributed by atoms with Crippen LogP contribution in [0.2, 0.25) is 0 Å². The zero-order valence-corrected chi connectivity index (χ0v) is 8.16. The second kappa shape index (κ2) is 4.73. The Kier molecular flexibility index (Phi) is 3.60. The van der Waals surface area contributed by atoms with Crippen LogP contribution >= 0.6 is 0 Å². The number of hydrogen-bond acceptors (Lipinski definition) is 2. The summed E-state index contributed by atoms with van der Waals surface area (Å²) in [5.74, 6) is -0.419. The number of rotatable bonds is 3. The second-order valence-electron chi connectivity index (χ2n) is 2.94. The number of ether oxygens (including phenoxy) is 1. The molecule has 4 nitrogen and oxygen atoms in total. The Hall–Kier alpha value is -1.92. The van der Waals surface area contributed by atoms with Gasteiger partial charge >= 0.3 is 6.36 Å². The van der Waals surface area contributed by atoms with Crippen molar-refractivity contribution in [1.29, 1.82) is 0 Å². The van der Waals surface area contributed by atoms with E-state index in [2.05, 4.69) is 9.73 Å². The van der Waals surface area contributed by atoms with Gasteiger partial charge in [0.25, 0.3) is 0 Å². The smallest absolute Gasteiger partial charge is 0.406 e. The minimum atomic E-state index is -4.70. The van der Waals surface area contributed by atoms with E-state index >= 15 is 0 Å². The number of hydrogen-bond donors (Lipinski definition) is 2. The molecule has 0 heterocycles. The van der Waals surface area contributed by atoms with E-state index in [4.69, 9.17) is 11.5 Å². The molecule has 0 radical (unpaired) electrons. The van der Waals surface area contributed by atoms with Crippen molar-refractivity contribution in [2.75, 3.05) is 0 Å². The highest BCUT2D eigenvalue weighted by molar-refractivity contribution is 5.75. The monoisotopic (exact) mass is 233 g/mol. The van der Waals surface area contributed by atoms with E-state index in [-0.39, 0.29) is 18.3 Å². The van der Waals surface area contributed by atoms with Gasteiger partial charge in [0.2, 0.25) is 0 Å². The molecule has 0 atom stereocenters. The first-order valence-electron chi connectivity index (χ1n) is 4.27. The first kappa shape index (κ1) is 12.2. The molecule has 1 rings (SSSR count). The van der Waals surface area contributed by atoms with Crippen LogP contribution in [0.4, 0.5) is 13.2 Å². The van der Waals surface area contributed by atoms with Crippen molar-refractivity contribution in [2.24, 2.45) is 16.5 Å². The van der Waals surface area contributed by atoms with Crippen LogP contribution in [0.25, 0.3) is 0 Å². The van der Waals surface area contributed by atoms with Crippen molar-refractivity contribution in [2.45, 2.75) is 12.9 Å². The third-order valence-corrected chi connectivity index (χ3v) is 1.58. The molecule has 0 fully saturated rings. The fourth-order valence-corrected chi connectivity index (χ4v) is 1.02. The predicted molar refractivity (Wildman–Crippen MR) is 52.6 cm³/mol. The summed E-state index contributed by atoms with van der Waals surface area (Å²) in [4.78, 5) is 3.67. The molecule has 0 amide bonds. The lowest BCUT2D eigenvalue weighted by Crippen LogP contribution is -2.22. The first-order chi connectivity index (χ1) is 7.37. The zero-order valence-electron chi connectivity index (χ0n) is 8.16. The van der Waals surface area contributed by atoms with Crippen LogP contribution in [0.3, 0.4) is 0 Å². The van der Waals surface area contributed by atoms with Crippen molar-refractivity contribution in [3.05, 3.63) is 29.8 Å². The third-order valence-electron chi connectivity index (χ3n) is 1.58. The van der Waals surface area contributed by atoms with Crippen molar-refractivity contribution in [3.63, 3.8) is 0 Å². The molecule has 0 aliphatic heterocycles. The molecular weight excluding hydrogens is 223 g/mol. The SMILES string of the molecule is NC(N)=NCc1cccc(OC(F)(F)F)c1. The normalized spacial score (nSPS) is 10.9. The number of nitrogens with zero attached hydrogens (tertiary/aromatic N) is 1. The highest BCUT2D eigenvalue weighted by Crippen LogP contribution is 2.23. The quantitative estimate of drug-likeness (QED) is 0.611. The second-order valence-corrected chi connectivity index (χ2v) is 2.94. The molecule has 4 N–H and O–H groups in total. The Balaban J connectivity index is 2.75. The number of guanidine groups is 1. The maximum absolute atomic E-state index is 11.9. The number of aliphatic imine (C=N–C) groups is 1. The molecule has 1 aromatic rings. The average Bonchev–Trinajstić information content (AvgIpc) is 2.12. The molecule has 0 aliphatic carbocycles. The lowest BCUT2D eigenvalue weighted by Gasteiger charge is -2.09. The van der Waals surface area contributed by atoms with Crippen molar-refractivity contribution in [3.8, 4) is 5.75 Å². The van der Waals surface area contributed by atoms with E-state index in [1.54, 1.807) is 6.07 Å². The third kappa shape index (κ3) is 4.54. The summed E-state index contributed by atoms with van der Waals surface area (Å²) in [7, 11) is 0. The van der Waals surface area contributed by atoms with E-state index in [9.17, 15) is 13.2 Å². The Morgan fingerprint density at radius 1 is 1.31 bits per heavy atom. The summed E-state index contributed by atoms with van der Waals surface area (Å²) in [5.41, 5.74) is 10.7. The van der Waals surface area contributed by atoms with Gasteiger partial charge in [0.05, 0.1) is 6.54 Å². The lowest BCUT2D eigenvalue weighted by atomic mass is 10.2. The molecule has 0 saturated carbocycles. The molecule has 0 spiro atoms. The fraction of sp³-hybridized carbons (Fsp3) is 0.222. The molecule has 0 unspecified atom stereocenters. The number of benzene rings is 1. The van der Waals surface area contributed by atoms with Gasteiger partial charge in [-0.1, -0.05) is 12.1 Å². The highest BCUT2D eigenvalue weighted by atomic mass is 19.4. The topological polar surface area (TPSA) is 73.6 Å². The van der Waals surface area contributed by atoms with Gasteiger partial charge in [0.1, 0.15) is 5.75 Å².